The number of nitrogens with one attached hydrogen (secondary N) is 2. The smallest absolute Gasteiger partial charge is 0.406 e. The SMILES string of the molecule is CC(C)(CN=C(N)Nc1ccc(OC(F)(F)F)cc1)NS(C)(=O)=O. The monoisotopic (exact) mass is 368 g/mol. The number of ether oxygens (including phenoxy) is 1. The van der Waals surface area contributed by atoms with Crippen LogP contribution in [-0.4, -0.2) is 39.1 Å². The van der Waals surface area contributed by atoms with Crippen molar-refractivity contribution in [1.82, 2.24) is 4.72 Å². The van der Waals surface area contributed by atoms with Crippen molar-refractivity contribution in [3.8, 4) is 5.75 Å². The molecule has 0 atom stereocenters. The lowest BCUT2D eigenvalue weighted by molar-refractivity contribution is -0.274. The predicted molar refractivity (Wildman–Crippen MR) is 85.3 cm³/mol. The van der Waals surface area contributed by atoms with Gasteiger partial charge in [-0.2, -0.15) is 0 Å². The number of nitrogens with zero attached hydrogens (tertiary/aromatic N) is 1. The van der Waals surface area contributed by atoms with E-state index in [0.29, 0.717) is 5.69 Å². The molecule has 1 rings (SSSR count). The van der Waals surface area contributed by atoms with Gasteiger partial charge in [-0.05, 0) is 38.1 Å². The lowest BCUT2D eigenvalue weighted by Crippen LogP contribution is -2.45. The second-order valence-corrected chi connectivity index (χ2v) is 7.41. The maximum Gasteiger partial charge on any atom is 0.573 e. The second-order valence-electron chi connectivity index (χ2n) is 5.66. The average Bonchev–Trinajstić information content (AvgIpc) is 2.34. The summed E-state index contributed by atoms with van der Waals surface area (Å²) in [6.45, 7) is 3.33. The molecule has 7 nitrogen and oxygen atoms in total. The number of halogens is 3. The van der Waals surface area contributed by atoms with E-state index >= 15 is 0 Å². The van der Waals surface area contributed by atoms with Gasteiger partial charge in [0.05, 0.1) is 12.8 Å². The van der Waals surface area contributed by atoms with Crippen molar-refractivity contribution in [2.24, 2.45) is 10.7 Å². The first-order chi connectivity index (χ1) is 10.8. The van der Waals surface area contributed by atoms with Crippen molar-refractivity contribution in [1.29, 1.82) is 0 Å². The minimum atomic E-state index is -4.76. The molecule has 0 aliphatic heterocycles. The van der Waals surface area contributed by atoms with Gasteiger partial charge in [-0.1, -0.05) is 0 Å². The largest absolute Gasteiger partial charge is 0.573 e. The molecule has 0 saturated carbocycles. The molecule has 0 radical (unpaired) electrons. The van der Waals surface area contributed by atoms with Crippen molar-refractivity contribution in [2.75, 3.05) is 18.1 Å². The molecule has 0 unspecified atom stereocenters. The first-order valence-corrected chi connectivity index (χ1v) is 8.57. The Balaban J connectivity index is 2.65. The fraction of sp³-hybridized carbons (Fsp3) is 0.462. The van der Waals surface area contributed by atoms with Crippen molar-refractivity contribution >= 4 is 21.7 Å². The van der Waals surface area contributed by atoms with E-state index in [0.717, 1.165) is 18.4 Å². The van der Waals surface area contributed by atoms with Crippen LogP contribution in [-0.2, 0) is 10.0 Å². The average molecular weight is 368 g/mol. The van der Waals surface area contributed by atoms with Crippen LogP contribution in [0.25, 0.3) is 0 Å². The number of nitrogens with two attached hydrogens (primary N) is 1. The number of alkyl halides is 3. The Morgan fingerprint density at radius 2 is 1.79 bits per heavy atom. The third kappa shape index (κ3) is 8.58. The van der Waals surface area contributed by atoms with Crippen LogP contribution in [0.15, 0.2) is 29.3 Å². The molecule has 0 spiro atoms. The van der Waals surface area contributed by atoms with Crippen molar-refractivity contribution < 1.29 is 26.3 Å². The summed E-state index contributed by atoms with van der Waals surface area (Å²) in [5.74, 6) is -0.370. The zero-order valence-corrected chi connectivity index (χ0v) is 14.1. The zero-order chi connectivity index (χ0) is 18.6. The number of hydrogen-bond acceptors (Lipinski definition) is 4. The topological polar surface area (TPSA) is 106 Å². The molecule has 0 aliphatic rings. The summed E-state index contributed by atoms with van der Waals surface area (Å²) in [6, 6.07) is 4.92. The molecule has 24 heavy (non-hydrogen) atoms. The van der Waals surface area contributed by atoms with E-state index in [-0.39, 0.29) is 18.3 Å². The van der Waals surface area contributed by atoms with Crippen LogP contribution >= 0.6 is 0 Å². The van der Waals surface area contributed by atoms with Crippen LogP contribution in [0, 0.1) is 0 Å². The van der Waals surface area contributed by atoms with E-state index in [9.17, 15) is 21.6 Å². The quantitative estimate of drug-likeness (QED) is 0.523. The van der Waals surface area contributed by atoms with Crippen LogP contribution in [0.2, 0.25) is 0 Å². The molecule has 0 fully saturated rings. The summed E-state index contributed by atoms with van der Waals surface area (Å²) in [5.41, 5.74) is 5.23. The van der Waals surface area contributed by atoms with E-state index < -0.39 is 21.9 Å². The summed E-state index contributed by atoms with van der Waals surface area (Å²) in [6.07, 6.45) is -3.72. The standard InChI is InChI=1S/C13H19F3N4O3S/c1-12(2,20-24(3,21)22)8-18-11(17)19-9-4-6-10(7-5-9)23-13(14,15)16/h4-7,20H,8H2,1-3H3,(H3,17,18,19). The fourth-order valence-electron chi connectivity index (χ4n) is 1.74. The summed E-state index contributed by atoms with van der Waals surface area (Å²) >= 11 is 0. The molecular formula is C13H19F3N4O3S. The summed E-state index contributed by atoms with van der Waals surface area (Å²) in [7, 11) is -3.39. The number of guanidine groups is 1. The highest BCUT2D eigenvalue weighted by Gasteiger charge is 2.30. The molecule has 0 bridgehead atoms. The van der Waals surface area contributed by atoms with Gasteiger partial charge < -0.3 is 15.8 Å². The highest BCUT2D eigenvalue weighted by atomic mass is 32.2. The van der Waals surface area contributed by atoms with Gasteiger partial charge in [-0.25, -0.2) is 13.1 Å². The minimum absolute atomic E-state index is 0.0112. The van der Waals surface area contributed by atoms with Crippen LogP contribution in [0.1, 0.15) is 13.8 Å². The lowest BCUT2D eigenvalue weighted by Gasteiger charge is -2.22. The fourth-order valence-corrected chi connectivity index (χ4v) is 2.81. The first-order valence-electron chi connectivity index (χ1n) is 6.67. The van der Waals surface area contributed by atoms with Gasteiger partial charge >= 0.3 is 6.36 Å². The zero-order valence-electron chi connectivity index (χ0n) is 13.3. The minimum Gasteiger partial charge on any atom is -0.406 e. The van der Waals surface area contributed by atoms with Gasteiger partial charge in [0.1, 0.15) is 5.75 Å². The van der Waals surface area contributed by atoms with Gasteiger partial charge in [-0.3, -0.25) is 4.99 Å². The molecule has 0 aliphatic carbocycles. The molecule has 0 heterocycles. The van der Waals surface area contributed by atoms with E-state index in [1.807, 2.05) is 0 Å². The molecule has 0 aromatic heterocycles. The third-order valence-electron chi connectivity index (χ3n) is 2.47. The van der Waals surface area contributed by atoms with Gasteiger partial charge in [0.2, 0.25) is 10.0 Å². The molecular weight excluding hydrogens is 349 g/mol. The van der Waals surface area contributed by atoms with E-state index in [1.54, 1.807) is 13.8 Å². The third-order valence-corrected chi connectivity index (χ3v) is 3.39. The second kappa shape index (κ2) is 7.26. The Morgan fingerprint density at radius 1 is 1.25 bits per heavy atom. The number of rotatable bonds is 6. The van der Waals surface area contributed by atoms with Gasteiger partial charge in [-0.15, -0.1) is 13.2 Å². The first kappa shape index (κ1) is 20.0. The normalized spacial score (nSPS) is 13.7. The highest BCUT2D eigenvalue weighted by Crippen LogP contribution is 2.23. The Bertz CT molecular complexity index is 685. The van der Waals surface area contributed by atoms with Crippen LogP contribution in [0.3, 0.4) is 0 Å². The van der Waals surface area contributed by atoms with Crippen molar-refractivity contribution in [3.63, 3.8) is 0 Å². The molecule has 0 amide bonds. The van der Waals surface area contributed by atoms with Crippen LogP contribution in [0.4, 0.5) is 18.9 Å². The maximum atomic E-state index is 12.1. The molecule has 136 valence electrons. The van der Waals surface area contributed by atoms with E-state index in [4.69, 9.17) is 5.73 Å². The van der Waals surface area contributed by atoms with Crippen LogP contribution < -0.4 is 20.5 Å². The Morgan fingerprint density at radius 3 is 2.25 bits per heavy atom. The Labute approximate surface area is 138 Å². The Kier molecular flexibility index (Phi) is 6.06. The summed E-state index contributed by atoms with van der Waals surface area (Å²) in [5, 5.41) is 2.68. The van der Waals surface area contributed by atoms with Crippen LogP contribution in [0.5, 0.6) is 5.75 Å². The van der Waals surface area contributed by atoms with Gasteiger partial charge in [0.25, 0.3) is 0 Å². The number of sulfonamides is 1. The lowest BCUT2D eigenvalue weighted by atomic mass is 10.1. The van der Waals surface area contributed by atoms with Crippen molar-refractivity contribution in [2.45, 2.75) is 25.7 Å². The number of benzene rings is 1. The maximum absolute atomic E-state index is 12.1. The van der Waals surface area contributed by atoms with Crippen molar-refractivity contribution in [3.05, 3.63) is 24.3 Å². The summed E-state index contributed by atoms with van der Waals surface area (Å²) in [4.78, 5) is 4.00. The van der Waals surface area contributed by atoms with Gasteiger partial charge in [0, 0.05) is 11.2 Å². The highest BCUT2D eigenvalue weighted by molar-refractivity contribution is 7.88. The molecule has 1 aromatic rings. The Hall–Kier alpha value is -2.01. The van der Waals surface area contributed by atoms with Gasteiger partial charge in [0.15, 0.2) is 5.96 Å². The number of anilines is 1. The molecule has 0 saturated heterocycles. The molecule has 11 heteroatoms. The van der Waals surface area contributed by atoms with E-state index in [1.165, 1.54) is 12.1 Å². The van der Waals surface area contributed by atoms with E-state index in [2.05, 4.69) is 19.8 Å². The predicted octanol–water partition coefficient (Wildman–Crippen LogP) is 1.64. The molecule has 1 aromatic carbocycles. The summed E-state index contributed by atoms with van der Waals surface area (Å²) < 4.78 is 64.7. The number of hydrogen-bond donors (Lipinski definition) is 3. The molecule has 4 N–H and O–H groups in total. The number of aliphatic imine (C=N–C) groups is 1.